The van der Waals surface area contributed by atoms with E-state index >= 15 is 0 Å². The quantitative estimate of drug-likeness (QED) is 0.847. The summed E-state index contributed by atoms with van der Waals surface area (Å²) < 4.78 is 13.3. The van der Waals surface area contributed by atoms with E-state index in [4.69, 9.17) is 0 Å². The van der Waals surface area contributed by atoms with Crippen molar-refractivity contribution in [3.63, 3.8) is 0 Å². The molecule has 2 aromatic heterocycles. The molecule has 2 aromatic rings. The third-order valence-corrected chi connectivity index (χ3v) is 4.58. The van der Waals surface area contributed by atoms with Crippen molar-refractivity contribution in [1.29, 1.82) is 0 Å². The maximum Gasteiger partial charge on any atom is 0.141 e. The summed E-state index contributed by atoms with van der Waals surface area (Å²) in [4.78, 5) is 17.2. The van der Waals surface area contributed by atoms with Gasteiger partial charge in [-0.05, 0) is 37.0 Å². The molecule has 0 spiro atoms. The van der Waals surface area contributed by atoms with E-state index < -0.39 is 0 Å². The highest BCUT2D eigenvalue weighted by atomic mass is 19.1. The van der Waals surface area contributed by atoms with Crippen LogP contribution < -0.4 is 4.90 Å². The molecule has 5 nitrogen and oxygen atoms in total. The first-order valence-electron chi connectivity index (χ1n) is 8.16. The van der Waals surface area contributed by atoms with Crippen LogP contribution in [0, 0.1) is 5.82 Å². The molecule has 2 fully saturated rings. The van der Waals surface area contributed by atoms with E-state index in [9.17, 15) is 4.39 Å². The predicted octanol–water partition coefficient (Wildman–Crippen LogP) is 2.25. The molecule has 2 aliphatic rings. The van der Waals surface area contributed by atoms with Crippen molar-refractivity contribution in [1.82, 2.24) is 19.9 Å². The van der Waals surface area contributed by atoms with Gasteiger partial charge in [0.05, 0.1) is 6.20 Å². The molecule has 0 radical (unpaired) electrons. The molecule has 1 unspecified atom stereocenters. The highest BCUT2D eigenvalue weighted by Crippen LogP contribution is 2.34. The number of halogens is 1. The zero-order valence-corrected chi connectivity index (χ0v) is 13.0. The van der Waals surface area contributed by atoms with E-state index in [2.05, 4.69) is 24.8 Å². The van der Waals surface area contributed by atoms with Crippen molar-refractivity contribution in [2.24, 2.45) is 0 Å². The number of rotatable bonds is 5. The Labute approximate surface area is 135 Å². The number of nitrogens with zero attached hydrogens (tertiary/aromatic N) is 5. The van der Waals surface area contributed by atoms with Crippen molar-refractivity contribution in [3.8, 4) is 0 Å². The van der Waals surface area contributed by atoms with Gasteiger partial charge in [0.25, 0.3) is 0 Å². The zero-order chi connectivity index (χ0) is 15.6. The van der Waals surface area contributed by atoms with Gasteiger partial charge in [0, 0.05) is 44.1 Å². The van der Waals surface area contributed by atoms with Crippen molar-refractivity contribution >= 4 is 5.82 Å². The van der Waals surface area contributed by atoms with Gasteiger partial charge in [-0.1, -0.05) is 0 Å². The number of aromatic nitrogens is 3. The number of hydrogen-bond acceptors (Lipinski definition) is 5. The minimum Gasteiger partial charge on any atom is -0.349 e. The summed E-state index contributed by atoms with van der Waals surface area (Å²) in [7, 11) is 0. The Hall–Kier alpha value is -2.08. The van der Waals surface area contributed by atoms with Gasteiger partial charge in [-0.3, -0.25) is 9.88 Å². The van der Waals surface area contributed by atoms with Crippen LogP contribution >= 0.6 is 0 Å². The van der Waals surface area contributed by atoms with Crippen LogP contribution in [-0.4, -0.2) is 45.0 Å². The first-order valence-corrected chi connectivity index (χ1v) is 8.16. The van der Waals surface area contributed by atoms with Crippen LogP contribution in [0.1, 0.15) is 24.8 Å². The lowest BCUT2D eigenvalue weighted by Crippen LogP contribution is -2.39. The average molecular weight is 313 g/mol. The minimum atomic E-state index is -0.265. The molecule has 120 valence electrons. The average Bonchev–Trinajstić information content (AvgIpc) is 3.29. The Morgan fingerprint density at radius 1 is 1.17 bits per heavy atom. The SMILES string of the molecule is Fc1cncc(CN2CCC(N(c3ccncn3)C3CC3)C2)c1. The van der Waals surface area contributed by atoms with Crippen LogP contribution in [0.4, 0.5) is 10.2 Å². The summed E-state index contributed by atoms with van der Waals surface area (Å²) in [6, 6.07) is 4.66. The van der Waals surface area contributed by atoms with Gasteiger partial charge >= 0.3 is 0 Å². The van der Waals surface area contributed by atoms with Gasteiger partial charge in [0.15, 0.2) is 0 Å². The van der Waals surface area contributed by atoms with E-state index in [0.717, 1.165) is 37.4 Å². The lowest BCUT2D eigenvalue weighted by molar-refractivity contribution is 0.323. The molecule has 1 saturated carbocycles. The molecule has 0 amide bonds. The molecular weight excluding hydrogens is 293 g/mol. The van der Waals surface area contributed by atoms with Crippen molar-refractivity contribution in [3.05, 3.63) is 48.4 Å². The zero-order valence-electron chi connectivity index (χ0n) is 13.0. The lowest BCUT2D eigenvalue weighted by Gasteiger charge is -2.30. The molecule has 1 saturated heterocycles. The normalized spacial score (nSPS) is 21.5. The second-order valence-corrected chi connectivity index (χ2v) is 6.40. The molecule has 3 heterocycles. The van der Waals surface area contributed by atoms with Crippen LogP contribution in [0.25, 0.3) is 0 Å². The molecule has 0 aromatic carbocycles. The topological polar surface area (TPSA) is 45.2 Å². The predicted molar refractivity (Wildman–Crippen MR) is 85.4 cm³/mol. The van der Waals surface area contributed by atoms with E-state index in [-0.39, 0.29) is 5.82 Å². The number of pyridine rings is 1. The molecule has 0 N–H and O–H groups in total. The van der Waals surface area contributed by atoms with Crippen LogP contribution in [0.2, 0.25) is 0 Å². The van der Waals surface area contributed by atoms with Gasteiger partial charge in [0.2, 0.25) is 0 Å². The largest absolute Gasteiger partial charge is 0.349 e. The molecule has 23 heavy (non-hydrogen) atoms. The Balaban J connectivity index is 1.44. The molecule has 1 atom stereocenters. The van der Waals surface area contributed by atoms with Crippen LogP contribution in [0.5, 0.6) is 0 Å². The highest BCUT2D eigenvalue weighted by molar-refractivity contribution is 5.42. The number of hydrogen-bond donors (Lipinski definition) is 0. The van der Waals surface area contributed by atoms with Crippen LogP contribution in [-0.2, 0) is 6.54 Å². The maximum atomic E-state index is 13.3. The Morgan fingerprint density at radius 2 is 2.09 bits per heavy atom. The Bertz CT molecular complexity index is 661. The molecule has 4 rings (SSSR count). The Morgan fingerprint density at radius 3 is 2.83 bits per heavy atom. The van der Waals surface area contributed by atoms with Crippen molar-refractivity contribution < 1.29 is 4.39 Å². The van der Waals surface area contributed by atoms with Gasteiger partial charge < -0.3 is 4.90 Å². The molecular formula is C17H20FN5. The first kappa shape index (κ1) is 14.5. The van der Waals surface area contributed by atoms with E-state index in [1.54, 1.807) is 18.6 Å². The van der Waals surface area contributed by atoms with Crippen LogP contribution in [0.3, 0.4) is 0 Å². The fourth-order valence-corrected chi connectivity index (χ4v) is 3.44. The van der Waals surface area contributed by atoms with E-state index in [0.29, 0.717) is 12.1 Å². The monoisotopic (exact) mass is 313 g/mol. The standard InChI is InChI=1S/C17H20FN5/c18-14-7-13(8-20-9-14)10-22-6-4-16(11-22)23(15-1-2-15)17-3-5-19-12-21-17/h3,5,7-9,12,15-16H,1-2,4,6,10-11H2. The Kier molecular flexibility index (Phi) is 3.91. The van der Waals surface area contributed by atoms with E-state index in [1.165, 1.54) is 19.0 Å². The number of anilines is 1. The summed E-state index contributed by atoms with van der Waals surface area (Å²) in [5.41, 5.74) is 0.936. The van der Waals surface area contributed by atoms with Gasteiger partial charge in [-0.25, -0.2) is 14.4 Å². The fourth-order valence-electron chi connectivity index (χ4n) is 3.44. The third-order valence-electron chi connectivity index (χ3n) is 4.58. The lowest BCUT2D eigenvalue weighted by atomic mass is 10.2. The highest BCUT2D eigenvalue weighted by Gasteiger charge is 2.37. The smallest absolute Gasteiger partial charge is 0.141 e. The second kappa shape index (κ2) is 6.20. The summed E-state index contributed by atoms with van der Waals surface area (Å²) >= 11 is 0. The van der Waals surface area contributed by atoms with Crippen molar-refractivity contribution in [2.45, 2.75) is 37.9 Å². The van der Waals surface area contributed by atoms with E-state index in [1.807, 2.05) is 12.3 Å². The molecule has 0 bridgehead atoms. The molecule has 6 heteroatoms. The van der Waals surface area contributed by atoms with Gasteiger partial charge in [0.1, 0.15) is 18.0 Å². The minimum absolute atomic E-state index is 0.265. The molecule has 1 aliphatic carbocycles. The summed E-state index contributed by atoms with van der Waals surface area (Å²) in [6.45, 7) is 2.76. The van der Waals surface area contributed by atoms with Crippen LogP contribution in [0.15, 0.2) is 37.1 Å². The maximum absolute atomic E-state index is 13.3. The third kappa shape index (κ3) is 3.32. The fraction of sp³-hybridized carbons (Fsp3) is 0.471. The van der Waals surface area contributed by atoms with Crippen molar-refractivity contribution in [2.75, 3.05) is 18.0 Å². The number of likely N-dealkylation sites (tertiary alicyclic amines) is 1. The van der Waals surface area contributed by atoms with Gasteiger partial charge in [-0.2, -0.15) is 0 Å². The molecule has 1 aliphatic heterocycles. The summed E-state index contributed by atoms with van der Waals surface area (Å²) in [5, 5.41) is 0. The summed E-state index contributed by atoms with van der Waals surface area (Å²) in [5.74, 6) is 0.764. The first-order chi connectivity index (χ1) is 11.3. The summed E-state index contributed by atoms with van der Waals surface area (Å²) in [6.07, 6.45) is 10.0. The second-order valence-electron chi connectivity index (χ2n) is 6.40. The van der Waals surface area contributed by atoms with Gasteiger partial charge in [-0.15, -0.1) is 0 Å².